The van der Waals surface area contributed by atoms with Crippen LogP contribution in [0.4, 0.5) is 0 Å². The van der Waals surface area contributed by atoms with Crippen LogP contribution in [-0.2, 0) is 10.4 Å². The molecule has 1 nitrogen and oxygen atoms in total. The standard InChI is InChI=1S/C6H6O.3ClH.Cu/c7-6-4-2-1-3-5-6;;;;/h1-5,7H;3*1H;/q;;;;+4/p-4. The Bertz CT molecular complexity index is 221. The summed E-state index contributed by atoms with van der Waals surface area (Å²) >= 11 is 0. The van der Waals surface area contributed by atoms with Gasteiger partial charge >= 0.3 is 80.6 Å². The molecule has 0 aromatic heterocycles. The molecule has 0 bridgehead atoms. The van der Waals surface area contributed by atoms with Crippen molar-refractivity contribution < 1.29 is 14.3 Å². The van der Waals surface area contributed by atoms with Gasteiger partial charge in [0.15, 0.2) is 0 Å². The Morgan fingerprint density at radius 3 is 2.00 bits per heavy atom. The van der Waals surface area contributed by atoms with Gasteiger partial charge in [0.2, 0.25) is 0 Å². The fourth-order valence-electron chi connectivity index (χ4n) is 0.542. The number of para-hydroxylation sites is 1. The third-order valence-electron chi connectivity index (χ3n) is 0.884. The number of halogens is 3. The Labute approximate surface area is 80.4 Å². The molecule has 0 spiro atoms. The van der Waals surface area contributed by atoms with E-state index in [-0.39, 0.29) is 0 Å². The molecule has 0 aliphatic rings. The van der Waals surface area contributed by atoms with Crippen molar-refractivity contribution in [2.24, 2.45) is 0 Å². The molecule has 0 atom stereocenters. The van der Waals surface area contributed by atoms with Gasteiger partial charge in [-0.2, -0.15) is 0 Å². The third kappa shape index (κ3) is 4.09. The molecule has 11 heavy (non-hydrogen) atoms. The topological polar surface area (TPSA) is 9.23 Å². The minimum atomic E-state index is -2.41. The molecular weight excluding hydrogens is 258 g/mol. The van der Waals surface area contributed by atoms with E-state index in [4.69, 9.17) is 34.1 Å². The van der Waals surface area contributed by atoms with Crippen molar-refractivity contribution in [1.29, 1.82) is 0 Å². The van der Waals surface area contributed by atoms with Crippen LogP contribution >= 0.6 is 30.3 Å². The molecular formula is C6H5Cl3CuO. The minimum absolute atomic E-state index is 0.569. The maximum absolute atomic E-state index is 5.45. The first kappa shape index (κ1) is 9.50. The number of hydrogen-bond acceptors (Lipinski definition) is 1. The summed E-state index contributed by atoms with van der Waals surface area (Å²) in [6.45, 7) is 0. The summed E-state index contributed by atoms with van der Waals surface area (Å²) in [5, 5.41) is 0. The molecule has 67 valence electrons. The van der Waals surface area contributed by atoms with E-state index in [2.05, 4.69) is 0 Å². The molecule has 5 heteroatoms. The molecule has 0 saturated carbocycles. The van der Waals surface area contributed by atoms with Crippen molar-refractivity contribution in [2.75, 3.05) is 0 Å². The van der Waals surface area contributed by atoms with Gasteiger partial charge in [-0.1, -0.05) is 0 Å². The normalized spacial score (nSPS) is 12.6. The third-order valence-corrected chi connectivity index (χ3v) is 1.90. The molecule has 0 radical (unpaired) electrons. The van der Waals surface area contributed by atoms with Crippen LogP contribution in [0.2, 0.25) is 0 Å². The van der Waals surface area contributed by atoms with Gasteiger partial charge in [0.05, 0.1) is 0 Å². The molecule has 0 fully saturated rings. The van der Waals surface area contributed by atoms with Gasteiger partial charge in [-0.05, 0) is 0 Å². The summed E-state index contributed by atoms with van der Waals surface area (Å²) in [6, 6.07) is 8.94. The molecule has 0 aliphatic carbocycles. The van der Waals surface area contributed by atoms with Gasteiger partial charge in [0, 0.05) is 0 Å². The van der Waals surface area contributed by atoms with Crippen LogP contribution in [0.15, 0.2) is 30.3 Å². The van der Waals surface area contributed by atoms with E-state index in [0.29, 0.717) is 5.75 Å². The zero-order chi connectivity index (χ0) is 8.32. The van der Waals surface area contributed by atoms with E-state index in [1.54, 1.807) is 12.1 Å². The van der Waals surface area contributed by atoms with Crippen LogP contribution in [0, 0.1) is 0 Å². The number of rotatable bonds is 2. The molecule has 0 saturated heterocycles. The van der Waals surface area contributed by atoms with Crippen LogP contribution in [0.5, 0.6) is 5.75 Å². The molecule has 1 rings (SSSR count). The Kier molecular flexibility index (Phi) is 3.35. The van der Waals surface area contributed by atoms with Crippen molar-refractivity contribution in [3.63, 3.8) is 0 Å². The molecule has 1 aromatic rings. The van der Waals surface area contributed by atoms with E-state index in [1.165, 1.54) is 0 Å². The van der Waals surface area contributed by atoms with Gasteiger partial charge in [0.25, 0.3) is 0 Å². The zero-order valence-corrected chi connectivity index (χ0v) is 8.44. The van der Waals surface area contributed by atoms with Crippen LogP contribution in [0.1, 0.15) is 0 Å². The van der Waals surface area contributed by atoms with Crippen molar-refractivity contribution in [2.45, 2.75) is 0 Å². The summed E-state index contributed by atoms with van der Waals surface area (Å²) in [5.74, 6) is 0.569. The maximum atomic E-state index is 5.45. The summed E-state index contributed by atoms with van der Waals surface area (Å²) in [4.78, 5) is 0. The average Bonchev–Trinajstić information content (AvgIpc) is 1.85. The number of benzene rings is 1. The van der Waals surface area contributed by atoms with Crippen LogP contribution in [0.25, 0.3) is 0 Å². The molecule has 0 heterocycles. The Morgan fingerprint density at radius 2 is 1.55 bits per heavy atom. The zero-order valence-electron chi connectivity index (χ0n) is 5.23. The van der Waals surface area contributed by atoms with Crippen molar-refractivity contribution in [1.82, 2.24) is 0 Å². The average molecular weight is 263 g/mol. The fraction of sp³-hybridized carbons (Fsp3) is 0. The Hall–Kier alpha value is 0.409. The quantitative estimate of drug-likeness (QED) is 0.741. The van der Waals surface area contributed by atoms with Gasteiger partial charge in [-0.25, -0.2) is 0 Å². The van der Waals surface area contributed by atoms with E-state index < -0.39 is 10.4 Å². The molecule has 0 unspecified atom stereocenters. The number of hydrogen-bond donors (Lipinski definition) is 0. The van der Waals surface area contributed by atoms with Gasteiger partial charge < -0.3 is 0 Å². The molecule has 1 aromatic carbocycles. The summed E-state index contributed by atoms with van der Waals surface area (Å²) in [5.41, 5.74) is 0. The summed E-state index contributed by atoms with van der Waals surface area (Å²) in [6.07, 6.45) is 0. The SMILES string of the molecule is [Cl][Cu]([Cl])([Cl])[O]c1ccccc1. The predicted molar refractivity (Wildman–Crippen MR) is 44.6 cm³/mol. The fourth-order valence-corrected chi connectivity index (χ4v) is 1.59. The first-order valence-electron chi connectivity index (χ1n) is 2.58. The second kappa shape index (κ2) is 3.88. The van der Waals surface area contributed by atoms with E-state index in [0.717, 1.165) is 0 Å². The second-order valence-corrected chi connectivity index (χ2v) is 8.09. The summed E-state index contributed by atoms with van der Waals surface area (Å²) in [7, 11) is 14.0. The van der Waals surface area contributed by atoms with Crippen LogP contribution in [0.3, 0.4) is 0 Å². The molecule has 0 N–H and O–H groups in total. The van der Waals surface area contributed by atoms with Crippen LogP contribution < -0.4 is 3.82 Å². The monoisotopic (exact) mass is 261 g/mol. The first-order valence-corrected chi connectivity index (χ1v) is 6.85. The Balaban J connectivity index is 2.66. The van der Waals surface area contributed by atoms with Gasteiger partial charge in [-0.3, -0.25) is 0 Å². The van der Waals surface area contributed by atoms with Crippen molar-refractivity contribution in [3.8, 4) is 5.75 Å². The van der Waals surface area contributed by atoms with E-state index in [9.17, 15) is 0 Å². The van der Waals surface area contributed by atoms with Gasteiger partial charge in [0.1, 0.15) is 0 Å². The van der Waals surface area contributed by atoms with Crippen molar-refractivity contribution in [3.05, 3.63) is 30.3 Å². The summed E-state index contributed by atoms with van der Waals surface area (Å²) < 4.78 is 4.98. The first-order chi connectivity index (χ1) is 5.08. The second-order valence-electron chi connectivity index (χ2n) is 1.64. The van der Waals surface area contributed by atoms with Crippen molar-refractivity contribution >= 4 is 30.3 Å². The van der Waals surface area contributed by atoms with Gasteiger partial charge in [-0.15, -0.1) is 0 Å². The van der Waals surface area contributed by atoms with E-state index in [1.807, 2.05) is 18.2 Å². The predicted octanol–water partition coefficient (Wildman–Crippen LogP) is 3.60. The Morgan fingerprint density at radius 1 is 1.00 bits per heavy atom. The van der Waals surface area contributed by atoms with Crippen LogP contribution in [-0.4, -0.2) is 0 Å². The van der Waals surface area contributed by atoms with E-state index >= 15 is 0 Å². The molecule has 0 amide bonds. The molecule has 0 aliphatic heterocycles.